The normalized spacial score (nSPS) is 10.7. The highest BCUT2D eigenvalue weighted by Crippen LogP contribution is 2.18. The molecule has 5 heteroatoms. The Kier molecular flexibility index (Phi) is 3.88. The maximum Gasteiger partial charge on any atom is 0.231 e. The topological polar surface area (TPSA) is 64.9 Å². The largest absolute Gasteiger partial charge is 0.399 e. The first-order chi connectivity index (χ1) is 10.2. The first-order valence-corrected chi connectivity index (χ1v) is 6.98. The fourth-order valence-electron chi connectivity index (χ4n) is 2.12. The highest BCUT2D eigenvalue weighted by Gasteiger charge is 2.09. The monoisotopic (exact) mass is 299 g/mol. The molecule has 2 aromatic carbocycles. The van der Waals surface area contributed by atoms with Gasteiger partial charge in [0.2, 0.25) is 5.89 Å². The molecule has 1 heterocycles. The third-order valence-corrected chi connectivity index (χ3v) is 3.49. The van der Waals surface area contributed by atoms with Gasteiger partial charge in [0.1, 0.15) is 0 Å². The number of halogens is 1. The van der Waals surface area contributed by atoms with E-state index in [1.165, 1.54) is 0 Å². The number of aromatic nitrogens is 2. The van der Waals surface area contributed by atoms with Gasteiger partial charge >= 0.3 is 0 Å². The van der Waals surface area contributed by atoms with E-state index < -0.39 is 0 Å². The second-order valence-corrected chi connectivity index (χ2v) is 5.20. The molecule has 0 radical (unpaired) electrons. The second-order valence-electron chi connectivity index (χ2n) is 4.79. The Bertz CT molecular complexity index is 755. The molecule has 0 spiro atoms. The maximum atomic E-state index is 6.13. The summed E-state index contributed by atoms with van der Waals surface area (Å²) < 4.78 is 5.28. The van der Waals surface area contributed by atoms with Crippen molar-refractivity contribution in [3.05, 3.63) is 76.4 Å². The fraction of sp³-hybridized carbons (Fsp3) is 0.125. The fourth-order valence-corrected chi connectivity index (χ4v) is 2.33. The van der Waals surface area contributed by atoms with E-state index in [0.717, 1.165) is 16.8 Å². The summed E-state index contributed by atoms with van der Waals surface area (Å²) in [5.41, 5.74) is 8.51. The highest BCUT2D eigenvalue weighted by molar-refractivity contribution is 6.31. The molecule has 0 aliphatic rings. The predicted molar refractivity (Wildman–Crippen MR) is 82.2 cm³/mol. The summed E-state index contributed by atoms with van der Waals surface area (Å²) in [6, 6.07) is 15.3. The van der Waals surface area contributed by atoms with E-state index in [0.29, 0.717) is 29.6 Å². The van der Waals surface area contributed by atoms with E-state index in [4.69, 9.17) is 21.9 Å². The van der Waals surface area contributed by atoms with Crippen LogP contribution in [0.2, 0.25) is 5.02 Å². The number of hydrogen-bond donors (Lipinski definition) is 1. The molecule has 0 unspecified atom stereocenters. The standard InChI is InChI=1S/C16H14ClN3O/c17-14-7-2-1-5-12(14)10-15-19-16(21-20-15)9-11-4-3-6-13(18)8-11/h1-8H,9-10,18H2. The van der Waals surface area contributed by atoms with Crippen molar-refractivity contribution in [1.82, 2.24) is 10.1 Å². The molecule has 106 valence electrons. The van der Waals surface area contributed by atoms with Crippen LogP contribution in [0.25, 0.3) is 0 Å². The van der Waals surface area contributed by atoms with Crippen LogP contribution >= 0.6 is 11.6 Å². The molecule has 21 heavy (non-hydrogen) atoms. The Hall–Kier alpha value is -2.33. The summed E-state index contributed by atoms with van der Waals surface area (Å²) in [6.07, 6.45) is 1.13. The molecule has 1 aromatic heterocycles. The van der Waals surface area contributed by atoms with Crippen LogP contribution in [0.4, 0.5) is 5.69 Å². The molecule has 0 amide bonds. The lowest BCUT2D eigenvalue weighted by molar-refractivity contribution is 0.380. The lowest BCUT2D eigenvalue weighted by atomic mass is 10.1. The molecule has 0 saturated carbocycles. The number of anilines is 1. The van der Waals surface area contributed by atoms with Crippen LogP contribution in [-0.4, -0.2) is 10.1 Å². The van der Waals surface area contributed by atoms with Gasteiger partial charge in [-0.15, -0.1) is 0 Å². The molecular formula is C16H14ClN3O. The van der Waals surface area contributed by atoms with Crippen molar-refractivity contribution in [2.75, 3.05) is 5.73 Å². The average molecular weight is 300 g/mol. The first-order valence-electron chi connectivity index (χ1n) is 6.60. The molecule has 2 N–H and O–H groups in total. The number of benzene rings is 2. The van der Waals surface area contributed by atoms with E-state index >= 15 is 0 Å². The molecule has 0 saturated heterocycles. The molecule has 4 nitrogen and oxygen atoms in total. The van der Waals surface area contributed by atoms with E-state index in [9.17, 15) is 0 Å². The lowest BCUT2D eigenvalue weighted by Gasteiger charge is -1.99. The van der Waals surface area contributed by atoms with Crippen molar-refractivity contribution in [3.8, 4) is 0 Å². The van der Waals surface area contributed by atoms with Crippen molar-refractivity contribution in [1.29, 1.82) is 0 Å². The van der Waals surface area contributed by atoms with Crippen molar-refractivity contribution < 1.29 is 4.52 Å². The van der Waals surface area contributed by atoms with E-state index in [1.807, 2.05) is 48.5 Å². The number of nitrogens with zero attached hydrogens (tertiary/aromatic N) is 2. The molecule has 0 atom stereocenters. The number of nitrogens with two attached hydrogens (primary N) is 1. The zero-order valence-corrected chi connectivity index (χ0v) is 12.0. The summed E-state index contributed by atoms with van der Waals surface area (Å²) >= 11 is 6.13. The second kappa shape index (κ2) is 5.97. The summed E-state index contributed by atoms with van der Waals surface area (Å²) in [7, 11) is 0. The molecule has 3 rings (SSSR count). The van der Waals surface area contributed by atoms with Gasteiger partial charge in [0, 0.05) is 17.1 Å². The minimum Gasteiger partial charge on any atom is -0.399 e. The molecule has 3 aromatic rings. The van der Waals surface area contributed by atoms with E-state index in [1.54, 1.807) is 0 Å². The van der Waals surface area contributed by atoms with Gasteiger partial charge in [0.25, 0.3) is 0 Å². The Balaban J connectivity index is 1.73. The zero-order chi connectivity index (χ0) is 14.7. The van der Waals surface area contributed by atoms with Crippen LogP contribution in [0.1, 0.15) is 22.8 Å². The van der Waals surface area contributed by atoms with Crippen LogP contribution < -0.4 is 5.73 Å². The van der Waals surface area contributed by atoms with Crippen LogP contribution in [0.3, 0.4) is 0 Å². The minimum atomic E-state index is 0.556. The quantitative estimate of drug-likeness (QED) is 0.749. The molecule has 0 bridgehead atoms. The summed E-state index contributed by atoms with van der Waals surface area (Å²) in [4.78, 5) is 4.39. The van der Waals surface area contributed by atoms with Gasteiger partial charge in [-0.3, -0.25) is 0 Å². The van der Waals surface area contributed by atoms with Crippen molar-refractivity contribution in [2.24, 2.45) is 0 Å². The highest BCUT2D eigenvalue weighted by atomic mass is 35.5. The van der Waals surface area contributed by atoms with Crippen molar-refractivity contribution in [3.63, 3.8) is 0 Å². The molecule has 0 fully saturated rings. The van der Waals surface area contributed by atoms with Gasteiger partial charge in [0.05, 0.1) is 6.42 Å². The number of rotatable bonds is 4. The zero-order valence-electron chi connectivity index (χ0n) is 11.3. The van der Waals surface area contributed by atoms with Crippen molar-refractivity contribution >= 4 is 17.3 Å². The Labute approximate surface area is 127 Å². The predicted octanol–water partition coefficient (Wildman–Crippen LogP) is 3.49. The third-order valence-electron chi connectivity index (χ3n) is 3.12. The third kappa shape index (κ3) is 3.41. The SMILES string of the molecule is Nc1cccc(Cc2nc(Cc3ccccc3Cl)no2)c1. The maximum absolute atomic E-state index is 6.13. The van der Waals surface area contributed by atoms with Gasteiger partial charge in [-0.1, -0.05) is 47.1 Å². The number of nitrogen functional groups attached to an aromatic ring is 1. The van der Waals surface area contributed by atoms with Crippen molar-refractivity contribution in [2.45, 2.75) is 12.8 Å². The minimum absolute atomic E-state index is 0.556. The molecule has 0 aliphatic heterocycles. The molecular weight excluding hydrogens is 286 g/mol. The first kappa shape index (κ1) is 13.6. The van der Waals surface area contributed by atoms with Crippen LogP contribution in [-0.2, 0) is 12.8 Å². The Morgan fingerprint density at radius 1 is 1.05 bits per heavy atom. The van der Waals surface area contributed by atoms with Crippen LogP contribution in [0.15, 0.2) is 53.1 Å². The summed E-state index contributed by atoms with van der Waals surface area (Å²) in [6.45, 7) is 0. The van der Waals surface area contributed by atoms with Gasteiger partial charge in [0.15, 0.2) is 5.82 Å². The summed E-state index contributed by atoms with van der Waals surface area (Å²) in [5, 5.41) is 4.70. The molecule has 0 aliphatic carbocycles. The number of hydrogen-bond acceptors (Lipinski definition) is 4. The van der Waals surface area contributed by atoms with E-state index in [-0.39, 0.29) is 0 Å². The lowest BCUT2D eigenvalue weighted by Crippen LogP contribution is -1.94. The average Bonchev–Trinajstić information content (AvgIpc) is 2.89. The Morgan fingerprint density at radius 2 is 1.90 bits per heavy atom. The van der Waals surface area contributed by atoms with Crippen LogP contribution in [0, 0.1) is 0 Å². The smallest absolute Gasteiger partial charge is 0.231 e. The van der Waals surface area contributed by atoms with Gasteiger partial charge in [-0.05, 0) is 29.3 Å². The van der Waals surface area contributed by atoms with Gasteiger partial charge in [-0.2, -0.15) is 4.98 Å². The Morgan fingerprint density at radius 3 is 2.71 bits per heavy atom. The van der Waals surface area contributed by atoms with Gasteiger partial charge in [-0.25, -0.2) is 0 Å². The summed E-state index contributed by atoms with van der Waals surface area (Å²) in [5.74, 6) is 1.20. The van der Waals surface area contributed by atoms with E-state index in [2.05, 4.69) is 10.1 Å². The van der Waals surface area contributed by atoms with Crippen LogP contribution in [0.5, 0.6) is 0 Å². The van der Waals surface area contributed by atoms with Gasteiger partial charge < -0.3 is 10.3 Å².